The Bertz CT molecular complexity index is 414. The van der Waals surface area contributed by atoms with Crippen molar-refractivity contribution in [3.63, 3.8) is 0 Å². The van der Waals surface area contributed by atoms with Crippen LogP contribution in [0.25, 0.3) is 0 Å². The topological polar surface area (TPSA) is 47.0 Å². The molecule has 1 heterocycles. The van der Waals surface area contributed by atoms with E-state index in [9.17, 15) is 8.42 Å². The van der Waals surface area contributed by atoms with E-state index in [0.717, 1.165) is 5.56 Å². The van der Waals surface area contributed by atoms with Crippen molar-refractivity contribution in [3.05, 3.63) is 23.5 Å². The Hall–Kier alpha value is -0.610. The summed E-state index contributed by atoms with van der Waals surface area (Å²) in [6, 6.07) is 1.54. The van der Waals surface area contributed by atoms with E-state index >= 15 is 0 Å². The van der Waals surface area contributed by atoms with Crippen LogP contribution in [0.15, 0.2) is 17.2 Å². The molecule has 1 rings (SSSR count). The molecule has 0 aromatic carbocycles. The van der Waals surface area contributed by atoms with E-state index in [0.29, 0.717) is 12.1 Å². The molecule has 5 heteroatoms. The Morgan fingerprint density at radius 1 is 1.54 bits per heavy atom. The Labute approximate surface area is 82.2 Å². The molecule has 0 unspecified atom stereocenters. The quantitative estimate of drug-likeness (QED) is 0.714. The summed E-state index contributed by atoms with van der Waals surface area (Å²) in [6.45, 7) is 3.61. The number of pyridine rings is 1. The molecule has 72 valence electrons. The average Bonchev–Trinajstić information content (AvgIpc) is 2.03. The van der Waals surface area contributed by atoms with Crippen molar-refractivity contribution >= 4 is 19.7 Å². The van der Waals surface area contributed by atoms with Gasteiger partial charge in [-0.2, -0.15) is 0 Å². The van der Waals surface area contributed by atoms with Crippen LogP contribution in [0.5, 0.6) is 0 Å². The van der Waals surface area contributed by atoms with Gasteiger partial charge in [-0.3, -0.25) is 4.98 Å². The van der Waals surface area contributed by atoms with E-state index in [4.69, 9.17) is 10.7 Å². The van der Waals surface area contributed by atoms with Crippen molar-refractivity contribution in [2.45, 2.75) is 25.2 Å². The molecule has 0 saturated carbocycles. The maximum atomic E-state index is 11.1. The first-order valence-electron chi connectivity index (χ1n) is 3.85. The van der Waals surface area contributed by atoms with E-state index < -0.39 is 9.05 Å². The third kappa shape index (κ3) is 2.42. The normalized spacial score (nSPS) is 11.6. The predicted octanol–water partition coefficient (Wildman–Crippen LogP) is 1.88. The second-order valence-electron chi connectivity index (χ2n) is 2.75. The van der Waals surface area contributed by atoms with Gasteiger partial charge in [0.1, 0.15) is 4.90 Å². The lowest BCUT2D eigenvalue weighted by Crippen LogP contribution is -2.00. The molecule has 0 bridgehead atoms. The van der Waals surface area contributed by atoms with Crippen LogP contribution in [0.2, 0.25) is 0 Å². The maximum Gasteiger partial charge on any atom is 0.263 e. The van der Waals surface area contributed by atoms with Crippen LogP contribution in [0.4, 0.5) is 0 Å². The summed E-state index contributed by atoms with van der Waals surface area (Å²) in [7, 11) is 1.59. The van der Waals surface area contributed by atoms with Crippen molar-refractivity contribution in [2.24, 2.45) is 0 Å². The summed E-state index contributed by atoms with van der Waals surface area (Å²) in [5.74, 6) is 0. The highest BCUT2D eigenvalue weighted by molar-refractivity contribution is 8.13. The molecule has 1 aromatic heterocycles. The first-order chi connectivity index (χ1) is 5.95. The van der Waals surface area contributed by atoms with Gasteiger partial charge in [0.2, 0.25) is 0 Å². The van der Waals surface area contributed by atoms with Crippen LogP contribution in [-0.4, -0.2) is 13.4 Å². The first-order valence-corrected chi connectivity index (χ1v) is 6.16. The zero-order chi connectivity index (χ0) is 10.1. The molecule has 0 saturated heterocycles. The molecular formula is C8H10ClNO2S. The summed E-state index contributed by atoms with van der Waals surface area (Å²) in [4.78, 5) is 4.12. The first kappa shape index (κ1) is 10.5. The highest BCUT2D eigenvalue weighted by Gasteiger charge is 2.15. The van der Waals surface area contributed by atoms with Gasteiger partial charge in [0.25, 0.3) is 9.05 Å². The van der Waals surface area contributed by atoms with Gasteiger partial charge in [-0.25, -0.2) is 8.42 Å². The monoisotopic (exact) mass is 219 g/mol. The summed E-state index contributed by atoms with van der Waals surface area (Å²) < 4.78 is 22.2. The fourth-order valence-corrected chi connectivity index (χ4v) is 2.25. The highest BCUT2D eigenvalue weighted by atomic mass is 35.7. The lowest BCUT2D eigenvalue weighted by Gasteiger charge is -2.03. The van der Waals surface area contributed by atoms with Crippen LogP contribution >= 0.6 is 10.7 Å². The summed E-state index contributed by atoms with van der Waals surface area (Å²) >= 11 is 0. The molecule has 0 fully saturated rings. The summed E-state index contributed by atoms with van der Waals surface area (Å²) in [5.41, 5.74) is 1.30. The van der Waals surface area contributed by atoms with Crippen LogP contribution in [-0.2, 0) is 15.5 Å². The number of nitrogens with zero attached hydrogens (tertiary/aromatic N) is 1. The smallest absolute Gasteiger partial charge is 0.260 e. The van der Waals surface area contributed by atoms with Gasteiger partial charge in [0.15, 0.2) is 0 Å². The fourth-order valence-electron chi connectivity index (χ4n) is 1.05. The summed E-state index contributed by atoms with van der Waals surface area (Å²) in [5, 5.41) is 0. The van der Waals surface area contributed by atoms with Crippen LogP contribution in [0.1, 0.15) is 18.2 Å². The van der Waals surface area contributed by atoms with Gasteiger partial charge in [0.05, 0.1) is 5.69 Å². The number of hydrogen-bond acceptors (Lipinski definition) is 3. The highest BCUT2D eigenvalue weighted by Crippen LogP contribution is 2.19. The zero-order valence-electron chi connectivity index (χ0n) is 7.41. The minimum absolute atomic E-state index is 0.122. The largest absolute Gasteiger partial charge is 0.263 e. The van der Waals surface area contributed by atoms with E-state index in [1.807, 2.05) is 6.92 Å². The third-order valence-electron chi connectivity index (χ3n) is 1.66. The Balaban J connectivity index is 3.41. The van der Waals surface area contributed by atoms with Crippen molar-refractivity contribution in [1.29, 1.82) is 0 Å². The maximum absolute atomic E-state index is 11.1. The number of aromatic nitrogens is 1. The van der Waals surface area contributed by atoms with Gasteiger partial charge in [-0.05, 0) is 25.0 Å². The third-order valence-corrected chi connectivity index (χ3v) is 3.04. The molecule has 0 spiro atoms. The van der Waals surface area contributed by atoms with Gasteiger partial charge in [-0.1, -0.05) is 6.92 Å². The molecule has 0 amide bonds. The number of halogens is 1. The average molecular weight is 220 g/mol. The molecule has 3 nitrogen and oxygen atoms in total. The molecule has 0 aliphatic carbocycles. The molecule has 0 atom stereocenters. The predicted molar refractivity (Wildman–Crippen MR) is 51.4 cm³/mol. The van der Waals surface area contributed by atoms with E-state index in [2.05, 4.69) is 4.98 Å². The van der Waals surface area contributed by atoms with Gasteiger partial charge < -0.3 is 0 Å². The molecule has 1 aromatic rings. The van der Waals surface area contributed by atoms with Gasteiger partial charge >= 0.3 is 0 Å². The standard InChI is InChI=1S/C8H10ClNO2S/c1-3-7-8(13(9,11)12)4-6(2)5-10-7/h4-5H,3H2,1-2H3. The van der Waals surface area contributed by atoms with Gasteiger partial charge in [0, 0.05) is 16.9 Å². The lowest BCUT2D eigenvalue weighted by molar-refractivity contribution is 0.607. The Kier molecular flexibility index (Phi) is 2.93. The van der Waals surface area contributed by atoms with Crippen molar-refractivity contribution in [2.75, 3.05) is 0 Å². The van der Waals surface area contributed by atoms with Gasteiger partial charge in [-0.15, -0.1) is 0 Å². The van der Waals surface area contributed by atoms with E-state index in [1.54, 1.807) is 13.1 Å². The Morgan fingerprint density at radius 2 is 2.15 bits per heavy atom. The van der Waals surface area contributed by atoms with Crippen molar-refractivity contribution in [3.8, 4) is 0 Å². The Morgan fingerprint density at radius 3 is 2.62 bits per heavy atom. The minimum atomic E-state index is -3.66. The SMILES string of the molecule is CCc1ncc(C)cc1S(=O)(=O)Cl. The minimum Gasteiger partial charge on any atom is -0.260 e. The fraction of sp³-hybridized carbons (Fsp3) is 0.375. The van der Waals surface area contributed by atoms with Crippen LogP contribution in [0.3, 0.4) is 0 Å². The van der Waals surface area contributed by atoms with Crippen molar-refractivity contribution < 1.29 is 8.42 Å². The van der Waals surface area contributed by atoms with E-state index in [-0.39, 0.29) is 4.90 Å². The molecular weight excluding hydrogens is 210 g/mol. The van der Waals surface area contributed by atoms with E-state index in [1.165, 1.54) is 6.07 Å². The van der Waals surface area contributed by atoms with Crippen LogP contribution in [0, 0.1) is 6.92 Å². The number of aryl methyl sites for hydroxylation is 2. The van der Waals surface area contributed by atoms with Crippen molar-refractivity contribution in [1.82, 2.24) is 4.98 Å². The lowest BCUT2D eigenvalue weighted by atomic mass is 10.2. The molecule has 0 radical (unpaired) electrons. The molecule has 0 N–H and O–H groups in total. The molecule has 0 aliphatic heterocycles. The second kappa shape index (κ2) is 3.64. The summed E-state index contributed by atoms with van der Waals surface area (Å²) in [6.07, 6.45) is 2.19. The molecule has 0 aliphatic rings. The number of rotatable bonds is 2. The molecule has 13 heavy (non-hydrogen) atoms. The second-order valence-corrected chi connectivity index (χ2v) is 5.28. The number of hydrogen-bond donors (Lipinski definition) is 0. The zero-order valence-corrected chi connectivity index (χ0v) is 8.98. The van der Waals surface area contributed by atoms with Crippen LogP contribution < -0.4 is 0 Å².